The Morgan fingerprint density at radius 3 is 2.61 bits per heavy atom. The Morgan fingerprint density at radius 2 is 2.11 bits per heavy atom. The molecule has 0 saturated heterocycles. The molecular formula is C13H20BrFN2O. The summed E-state index contributed by atoms with van der Waals surface area (Å²) in [5.41, 5.74) is 6.02. The normalized spacial score (nSPS) is 13.7. The molecule has 4 N–H and O–H groups in total. The lowest BCUT2D eigenvalue weighted by molar-refractivity contribution is 0.159. The Morgan fingerprint density at radius 1 is 1.50 bits per heavy atom. The molecule has 0 heterocycles. The van der Waals surface area contributed by atoms with Gasteiger partial charge in [-0.2, -0.15) is 0 Å². The van der Waals surface area contributed by atoms with Gasteiger partial charge in [-0.15, -0.1) is 0 Å². The fourth-order valence-electron chi connectivity index (χ4n) is 1.41. The topological polar surface area (TPSA) is 58.3 Å². The second-order valence-corrected chi connectivity index (χ2v) is 5.89. The van der Waals surface area contributed by atoms with Crippen molar-refractivity contribution in [3.63, 3.8) is 0 Å². The van der Waals surface area contributed by atoms with Crippen LogP contribution in [0.3, 0.4) is 0 Å². The summed E-state index contributed by atoms with van der Waals surface area (Å²) in [6.45, 7) is 6.55. The highest BCUT2D eigenvalue weighted by Gasteiger charge is 2.18. The molecule has 0 aliphatic rings. The number of hydrogen-bond acceptors (Lipinski definition) is 3. The van der Waals surface area contributed by atoms with Crippen molar-refractivity contribution in [3.05, 3.63) is 28.0 Å². The highest BCUT2D eigenvalue weighted by molar-refractivity contribution is 9.10. The summed E-state index contributed by atoms with van der Waals surface area (Å²) in [7, 11) is 0. The van der Waals surface area contributed by atoms with E-state index in [1.807, 2.05) is 0 Å². The summed E-state index contributed by atoms with van der Waals surface area (Å²) >= 11 is 3.17. The molecule has 0 aliphatic carbocycles. The summed E-state index contributed by atoms with van der Waals surface area (Å²) in [4.78, 5) is 0. The number of β-amino-alcohol motifs (C(OH)–C–C–N with tert-alkyl or cyclic N) is 1. The van der Waals surface area contributed by atoms with Gasteiger partial charge in [0.2, 0.25) is 0 Å². The first-order valence-electron chi connectivity index (χ1n) is 5.94. The van der Waals surface area contributed by atoms with Crippen molar-refractivity contribution in [1.82, 2.24) is 5.32 Å². The third-order valence-electron chi connectivity index (χ3n) is 3.14. The molecule has 1 aromatic rings. The number of nitrogens with one attached hydrogen (secondary N) is 1. The Bertz CT molecular complexity index is 400. The lowest BCUT2D eigenvalue weighted by atomic mass is 10.0. The van der Waals surface area contributed by atoms with E-state index >= 15 is 0 Å². The predicted octanol–water partition coefficient (Wildman–Crippen LogP) is 2.98. The van der Waals surface area contributed by atoms with Crippen molar-refractivity contribution in [2.75, 3.05) is 12.3 Å². The highest BCUT2D eigenvalue weighted by atomic mass is 79.9. The summed E-state index contributed by atoms with van der Waals surface area (Å²) in [6, 6.07) is 2.91. The van der Waals surface area contributed by atoms with Crippen molar-refractivity contribution in [1.29, 1.82) is 0 Å². The van der Waals surface area contributed by atoms with Crippen LogP contribution in [-0.4, -0.2) is 17.2 Å². The van der Waals surface area contributed by atoms with Crippen molar-refractivity contribution in [2.45, 2.75) is 38.8 Å². The average molecular weight is 319 g/mol. The lowest BCUT2D eigenvalue weighted by Crippen LogP contribution is -2.40. The smallest absolute Gasteiger partial charge is 0.147 e. The van der Waals surface area contributed by atoms with E-state index < -0.39 is 11.9 Å². The number of aliphatic hydroxyl groups excluding tert-OH is 1. The molecule has 0 saturated carbocycles. The molecule has 1 rings (SSSR count). The van der Waals surface area contributed by atoms with Crippen LogP contribution in [-0.2, 0) is 0 Å². The molecule has 1 atom stereocenters. The van der Waals surface area contributed by atoms with E-state index in [0.717, 1.165) is 6.42 Å². The number of rotatable bonds is 5. The minimum atomic E-state index is -0.762. The molecule has 1 aromatic carbocycles. The van der Waals surface area contributed by atoms with Gasteiger partial charge in [0.25, 0.3) is 0 Å². The number of nitrogen functional groups attached to an aromatic ring is 1. The second-order valence-electron chi connectivity index (χ2n) is 5.03. The van der Waals surface area contributed by atoms with Gasteiger partial charge in [-0.05, 0) is 53.9 Å². The summed E-state index contributed by atoms with van der Waals surface area (Å²) in [6.07, 6.45) is 0.182. The third kappa shape index (κ3) is 3.93. The minimum Gasteiger partial charge on any atom is -0.395 e. The van der Waals surface area contributed by atoms with Crippen LogP contribution in [0, 0.1) is 5.82 Å². The molecule has 3 nitrogen and oxygen atoms in total. The first-order chi connectivity index (χ1) is 8.26. The average Bonchev–Trinajstić information content (AvgIpc) is 2.32. The fourth-order valence-corrected chi connectivity index (χ4v) is 1.87. The molecule has 18 heavy (non-hydrogen) atoms. The molecule has 1 unspecified atom stereocenters. The summed E-state index contributed by atoms with van der Waals surface area (Å²) in [5.74, 6) is -0.520. The van der Waals surface area contributed by atoms with Crippen LogP contribution >= 0.6 is 15.9 Å². The van der Waals surface area contributed by atoms with E-state index in [4.69, 9.17) is 5.73 Å². The molecule has 0 spiro atoms. The van der Waals surface area contributed by atoms with Gasteiger partial charge in [0.15, 0.2) is 0 Å². The fraction of sp³-hybridized carbons (Fsp3) is 0.538. The van der Waals surface area contributed by atoms with Crippen molar-refractivity contribution in [3.8, 4) is 0 Å². The largest absolute Gasteiger partial charge is 0.395 e. The standard InChI is InChI=1S/C13H20BrFN2O/c1-4-13(2,3)17-7-11(18)8-5-9(14)12(16)10(15)6-8/h5-6,11,17-18H,4,7,16H2,1-3H3. The van der Waals surface area contributed by atoms with Gasteiger partial charge >= 0.3 is 0 Å². The zero-order valence-electron chi connectivity index (χ0n) is 10.9. The number of anilines is 1. The van der Waals surface area contributed by atoms with Gasteiger partial charge in [0, 0.05) is 16.6 Å². The highest BCUT2D eigenvalue weighted by Crippen LogP contribution is 2.27. The van der Waals surface area contributed by atoms with Crippen molar-refractivity contribution >= 4 is 21.6 Å². The molecule has 102 valence electrons. The van der Waals surface area contributed by atoms with Gasteiger partial charge in [0.1, 0.15) is 5.82 Å². The first-order valence-corrected chi connectivity index (χ1v) is 6.73. The van der Waals surface area contributed by atoms with Crippen LogP contribution in [0.25, 0.3) is 0 Å². The molecule has 0 aliphatic heterocycles. The quantitative estimate of drug-likeness (QED) is 0.731. The van der Waals surface area contributed by atoms with Crippen LogP contribution in [0.15, 0.2) is 16.6 Å². The van der Waals surface area contributed by atoms with Gasteiger partial charge in [0.05, 0.1) is 11.8 Å². The van der Waals surface area contributed by atoms with Crippen molar-refractivity contribution in [2.24, 2.45) is 0 Å². The number of halogens is 2. The molecule has 0 radical (unpaired) electrons. The van der Waals surface area contributed by atoms with E-state index in [0.29, 0.717) is 16.6 Å². The Balaban J connectivity index is 2.76. The second kappa shape index (κ2) is 5.99. The molecule has 0 fully saturated rings. The van der Waals surface area contributed by atoms with Gasteiger partial charge in [-0.1, -0.05) is 6.92 Å². The third-order valence-corrected chi connectivity index (χ3v) is 3.80. The van der Waals surface area contributed by atoms with Crippen LogP contribution < -0.4 is 11.1 Å². The monoisotopic (exact) mass is 318 g/mol. The predicted molar refractivity (Wildman–Crippen MR) is 75.8 cm³/mol. The number of aliphatic hydroxyl groups is 1. The molecule has 0 aromatic heterocycles. The van der Waals surface area contributed by atoms with Gasteiger partial charge in [-0.3, -0.25) is 0 Å². The van der Waals surface area contributed by atoms with Crippen LogP contribution in [0.2, 0.25) is 0 Å². The minimum absolute atomic E-state index is 0.0510. The molecular weight excluding hydrogens is 299 g/mol. The van der Waals surface area contributed by atoms with Crippen molar-refractivity contribution < 1.29 is 9.50 Å². The first kappa shape index (κ1) is 15.4. The Kier molecular flexibility index (Phi) is 5.13. The van der Waals surface area contributed by atoms with Crippen LogP contribution in [0.4, 0.5) is 10.1 Å². The zero-order chi connectivity index (χ0) is 13.9. The molecule has 5 heteroatoms. The SMILES string of the molecule is CCC(C)(C)NCC(O)c1cc(F)c(N)c(Br)c1. The maximum atomic E-state index is 13.5. The summed E-state index contributed by atoms with van der Waals surface area (Å²) < 4.78 is 13.9. The number of nitrogens with two attached hydrogens (primary N) is 1. The Labute approximate surface area is 116 Å². The van der Waals surface area contributed by atoms with E-state index in [1.54, 1.807) is 6.07 Å². The van der Waals surface area contributed by atoms with E-state index in [2.05, 4.69) is 42.0 Å². The number of benzene rings is 1. The van der Waals surface area contributed by atoms with Gasteiger partial charge in [-0.25, -0.2) is 4.39 Å². The zero-order valence-corrected chi connectivity index (χ0v) is 12.5. The van der Waals surface area contributed by atoms with E-state index in [1.165, 1.54) is 6.07 Å². The van der Waals surface area contributed by atoms with Crippen LogP contribution in [0.5, 0.6) is 0 Å². The Hall–Kier alpha value is -0.650. The van der Waals surface area contributed by atoms with E-state index in [-0.39, 0.29) is 11.2 Å². The van der Waals surface area contributed by atoms with Crippen LogP contribution in [0.1, 0.15) is 38.9 Å². The number of hydrogen-bond donors (Lipinski definition) is 3. The van der Waals surface area contributed by atoms with Gasteiger partial charge < -0.3 is 16.2 Å². The maximum Gasteiger partial charge on any atom is 0.147 e. The maximum absolute atomic E-state index is 13.5. The van der Waals surface area contributed by atoms with E-state index in [9.17, 15) is 9.50 Å². The summed E-state index contributed by atoms with van der Waals surface area (Å²) in [5, 5.41) is 13.3. The lowest BCUT2D eigenvalue weighted by Gasteiger charge is -2.26. The molecule has 0 bridgehead atoms. The molecule has 0 amide bonds.